The largest absolute Gasteiger partial charge is 0.498 e. The zero-order valence-electron chi connectivity index (χ0n) is 31.9. The molecule has 0 aromatic rings. The highest BCUT2D eigenvalue weighted by molar-refractivity contribution is 5.97. The molecule has 0 bridgehead atoms. The maximum Gasteiger partial charge on any atom is 0.123 e. The monoisotopic (exact) mass is 656 g/mol. The summed E-state index contributed by atoms with van der Waals surface area (Å²) in [6, 6.07) is 0. The average Bonchev–Trinajstić information content (AvgIpc) is 3.29. The lowest BCUT2D eigenvalue weighted by Gasteiger charge is -2.09. The second-order valence-corrected chi connectivity index (χ2v) is 14.7. The van der Waals surface area contributed by atoms with E-state index in [1.54, 1.807) is 0 Å². The predicted octanol–water partition coefficient (Wildman–Crippen LogP) is 14.6. The summed E-state index contributed by atoms with van der Waals surface area (Å²) in [6.45, 7) is 6.26. The van der Waals surface area contributed by atoms with Gasteiger partial charge in [-0.2, -0.15) is 0 Å². The average molecular weight is 656 g/mol. The highest BCUT2D eigenvalue weighted by Crippen LogP contribution is 2.22. The van der Waals surface area contributed by atoms with E-state index >= 15 is 0 Å². The standard InChI is InChI=1S/C44H81NO2/c1-3-5-7-9-11-13-15-17-19-21-23-25-27-29-31-33-37-45-43-39-42(41-46)35-36-44(40-43)47-38-34-32-30-28-26-24-22-20-18-16-14-12-10-8-6-4-2/h17,19,40-42H,3-16,18,20-39H2,1-2H3. The molecular weight excluding hydrogens is 574 g/mol. The molecule has 0 saturated carbocycles. The van der Waals surface area contributed by atoms with Crippen molar-refractivity contribution in [3.8, 4) is 0 Å². The zero-order valence-corrected chi connectivity index (χ0v) is 31.9. The van der Waals surface area contributed by atoms with E-state index in [1.807, 2.05) is 0 Å². The Hall–Kier alpha value is -1.38. The van der Waals surface area contributed by atoms with Crippen LogP contribution in [-0.2, 0) is 9.53 Å². The smallest absolute Gasteiger partial charge is 0.123 e. The van der Waals surface area contributed by atoms with Gasteiger partial charge in [0.2, 0.25) is 0 Å². The van der Waals surface area contributed by atoms with Crippen molar-refractivity contribution in [2.24, 2.45) is 10.9 Å². The first kappa shape index (κ1) is 43.6. The van der Waals surface area contributed by atoms with Crippen LogP contribution in [0.15, 0.2) is 29.0 Å². The maximum atomic E-state index is 11.6. The molecule has 1 unspecified atom stereocenters. The minimum atomic E-state index is 0.0847. The molecule has 3 nitrogen and oxygen atoms in total. The fourth-order valence-corrected chi connectivity index (χ4v) is 6.79. The van der Waals surface area contributed by atoms with Gasteiger partial charge in [-0.1, -0.05) is 180 Å². The van der Waals surface area contributed by atoms with E-state index < -0.39 is 0 Å². The van der Waals surface area contributed by atoms with Gasteiger partial charge in [-0.3, -0.25) is 4.99 Å². The van der Waals surface area contributed by atoms with Gasteiger partial charge in [0, 0.05) is 24.6 Å². The van der Waals surface area contributed by atoms with E-state index in [9.17, 15) is 4.79 Å². The van der Waals surface area contributed by atoms with E-state index in [2.05, 4.69) is 32.1 Å². The van der Waals surface area contributed by atoms with Gasteiger partial charge < -0.3 is 9.53 Å². The first-order valence-electron chi connectivity index (χ1n) is 21.3. The number of aldehydes is 1. The molecule has 3 heteroatoms. The SMILES string of the molecule is CCCCCCCCC=CCCCCCCCCN=C1C=C(OCCCCCCCCCCCCCCCCCC)CCC(C=O)C1. The summed E-state index contributed by atoms with van der Waals surface area (Å²) < 4.78 is 6.20. The molecule has 47 heavy (non-hydrogen) atoms. The lowest BCUT2D eigenvalue weighted by Crippen LogP contribution is -2.06. The molecule has 1 atom stereocenters. The number of hydrogen-bond donors (Lipinski definition) is 0. The van der Waals surface area contributed by atoms with E-state index in [4.69, 9.17) is 9.73 Å². The molecule has 1 rings (SSSR count). The second kappa shape index (κ2) is 35.9. The number of allylic oxidation sites excluding steroid dienone is 4. The molecular formula is C44H81NO2. The summed E-state index contributed by atoms with van der Waals surface area (Å²) >= 11 is 0. The van der Waals surface area contributed by atoms with E-state index in [1.165, 1.54) is 180 Å². The summed E-state index contributed by atoms with van der Waals surface area (Å²) in [6.07, 6.45) is 51.5. The molecule has 0 fully saturated rings. The van der Waals surface area contributed by atoms with Gasteiger partial charge in [-0.05, 0) is 57.4 Å². The van der Waals surface area contributed by atoms with Crippen molar-refractivity contribution in [1.82, 2.24) is 0 Å². The first-order chi connectivity index (χ1) is 23.3. The number of rotatable bonds is 35. The molecule has 0 spiro atoms. The molecule has 1 aliphatic rings. The molecule has 0 radical (unpaired) electrons. The van der Waals surface area contributed by atoms with Crippen LogP contribution in [0.5, 0.6) is 0 Å². The van der Waals surface area contributed by atoms with Crippen molar-refractivity contribution in [2.75, 3.05) is 13.2 Å². The highest BCUT2D eigenvalue weighted by atomic mass is 16.5. The third-order valence-electron chi connectivity index (χ3n) is 10.0. The second-order valence-electron chi connectivity index (χ2n) is 14.7. The predicted molar refractivity (Wildman–Crippen MR) is 209 cm³/mol. The zero-order chi connectivity index (χ0) is 33.7. The summed E-state index contributed by atoms with van der Waals surface area (Å²) in [7, 11) is 0. The van der Waals surface area contributed by atoms with Gasteiger partial charge in [0.25, 0.3) is 0 Å². The molecule has 0 aromatic heterocycles. The number of ether oxygens (including phenoxy) is 1. The molecule has 0 amide bonds. The topological polar surface area (TPSA) is 38.7 Å². The van der Waals surface area contributed by atoms with Crippen LogP contribution >= 0.6 is 0 Å². The van der Waals surface area contributed by atoms with Crippen LogP contribution in [0.2, 0.25) is 0 Å². The molecule has 0 heterocycles. The normalized spacial score (nSPS) is 16.2. The minimum Gasteiger partial charge on any atom is -0.498 e. The molecule has 274 valence electrons. The number of carbonyl (C=O) groups excluding carboxylic acids is 1. The third-order valence-corrected chi connectivity index (χ3v) is 10.0. The molecule has 0 aliphatic heterocycles. The van der Waals surface area contributed by atoms with Gasteiger partial charge in [-0.25, -0.2) is 0 Å². The van der Waals surface area contributed by atoms with Crippen LogP contribution in [0.1, 0.15) is 226 Å². The van der Waals surface area contributed by atoms with Crippen molar-refractivity contribution < 1.29 is 9.53 Å². The fraction of sp³-hybridized carbons (Fsp3) is 0.864. The number of carbonyl (C=O) groups is 1. The van der Waals surface area contributed by atoms with Gasteiger partial charge in [0.05, 0.1) is 12.4 Å². The first-order valence-corrected chi connectivity index (χ1v) is 21.3. The van der Waals surface area contributed by atoms with Crippen LogP contribution < -0.4 is 0 Å². The quantitative estimate of drug-likeness (QED) is 0.0387. The Balaban J connectivity index is 2.03. The Labute approximate surface area is 294 Å². The highest BCUT2D eigenvalue weighted by Gasteiger charge is 2.17. The summed E-state index contributed by atoms with van der Waals surface area (Å²) in [4.78, 5) is 16.5. The molecule has 0 saturated heterocycles. The Morgan fingerprint density at radius 1 is 0.596 bits per heavy atom. The van der Waals surface area contributed by atoms with Crippen molar-refractivity contribution in [3.05, 3.63) is 24.0 Å². The van der Waals surface area contributed by atoms with Crippen molar-refractivity contribution in [2.45, 2.75) is 226 Å². The van der Waals surface area contributed by atoms with Crippen molar-refractivity contribution in [3.63, 3.8) is 0 Å². The maximum absolute atomic E-state index is 11.6. The van der Waals surface area contributed by atoms with Crippen molar-refractivity contribution in [1.29, 1.82) is 0 Å². The van der Waals surface area contributed by atoms with Crippen molar-refractivity contribution >= 4 is 12.0 Å². The van der Waals surface area contributed by atoms with Gasteiger partial charge in [0.1, 0.15) is 6.29 Å². The van der Waals surface area contributed by atoms with E-state index in [0.717, 1.165) is 63.0 Å². The lowest BCUT2D eigenvalue weighted by atomic mass is 10.0. The Morgan fingerprint density at radius 2 is 1.02 bits per heavy atom. The Bertz CT molecular complexity index is 754. The minimum absolute atomic E-state index is 0.0847. The third kappa shape index (κ3) is 30.4. The summed E-state index contributed by atoms with van der Waals surface area (Å²) in [5, 5.41) is 0. The van der Waals surface area contributed by atoms with Crippen LogP contribution in [0.4, 0.5) is 0 Å². The lowest BCUT2D eigenvalue weighted by molar-refractivity contribution is -0.111. The van der Waals surface area contributed by atoms with E-state index in [0.29, 0.717) is 0 Å². The Morgan fingerprint density at radius 3 is 1.49 bits per heavy atom. The number of unbranched alkanes of at least 4 members (excludes halogenated alkanes) is 27. The number of aliphatic imine (C=N–C) groups is 1. The number of hydrogen-bond acceptors (Lipinski definition) is 3. The van der Waals surface area contributed by atoms with Crippen LogP contribution in [0.3, 0.4) is 0 Å². The number of nitrogens with zero attached hydrogens (tertiary/aromatic N) is 1. The van der Waals surface area contributed by atoms with Crippen LogP contribution in [0, 0.1) is 5.92 Å². The molecule has 0 N–H and O–H groups in total. The summed E-state index contributed by atoms with van der Waals surface area (Å²) in [5.74, 6) is 1.14. The van der Waals surface area contributed by atoms with E-state index in [-0.39, 0.29) is 5.92 Å². The summed E-state index contributed by atoms with van der Waals surface area (Å²) in [5.41, 5.74) is 1.08. The molecule has 1 aliphatic carbocycles. The molecule has 0 aromatic carbocycles. The van der Waals surface area contributed by atoms with Gasteiger partial charge in [-0.15, -0.1) is 0 Å². The van der Waals surface area contributed by atoms with Crippen LogP contribution in [0.25, 0.3) is 0 Å². The van der Waals surface area contributed by atoms with Crippen LogP contribution in [-0.4, -0.2) is 25.1 Å². The van der Waals surface area contributed by atoms with Gasteiger partial charge >= 0.3 is 0 Å². The Kier molecular flexibility index (Phi) is 33.3. The fourth-order valence-electron chi connectivity index (χ4n) is 6.79. The van der Waals surface area contributed by atoms with Gasteiger partial charge in [0.15, 0.2) is 0 Å².